The van der Waals surface area contributed by atoms with Gasteiger partial charge in [-0.1, -0.05) is 25.6 Å². The maximum absolute atomic E-state index is 12.7. The Labute approximate surface area is 167 Å². The van der Waals surface area contributed by atoms with Crippen molar-refractivity contribution in [3.05, 3.63) is 20.8 Å². The molecule has 1 fully saturated rings. The smallest absolute Gasteiger partial charge is 0.260 e. The molecule has 2 aromatic rings. The summed E-state index contributed by atoms with van der Waals surface area (Å²) < 4.78 is 0. The van der Waals surface area contributed by atoms with Crippen molar-refractivity contribution >= 4 is 39.2 Å². The summed E-state index contributed by atoms with van der Waals surface area (Å²) in [5, 5.41) is 1.34. The Balaban J connectivity index is 1.51. The molecule has 1 saturated heterocycles. The topological polar surface area (TPSA) is 66.1 Å². The first-order valence-corrected chi connectivity index (χ1v) is 11.8. The highest BCUT2D eigenvalue weighted by Gasteiger charge is 2.26. The van der Waals surface area contributed by atoms with E-state index in [0.717, 1.165) is 55.3 Å². The molecule has 2 aliphatic rings. The quantitative estimate of drug-likeness (QED) is 0.617. The summed E-state index contributed by atoms with van der Waals surface area (Å²) in [5.41, 5.74) is 1.15. The van der Waals surface area contributed by atoms with E-state index in [9.17, 15) is 9.59 Å². The second-order valence-corrected chi connectivity index (χ2v) is 9.88. The van der Waals surface area contributed by atoms with Crippen molar-refractivity contribution in [3.8, 4) is 0 Å². The van der Waals surface area contributed by atoms with Gasteiger partial charge in [0.05, 0.1) is 11.1 Å². The summed E-state index contributed by atoms with van der Waals surface area (Å²) in [6.45, 7) is 5.27. The number of hydrogen-bond donors (Lipinski definition) is 1. The fraction of sp³-hybridized carbons (Fsp3) is 0.650. The van der Waals surface area contributed by atoms with Crippen molar-refractivity contribution in [1.82, 2.24) is 14.9 Å². The Kier molecular flexibility index (Phi) is 5.60. The lowest BCUT2D eigenvalue weighted by Gasteiger charge is -2.35. The molecule has 0 spiro atoms. The minimum absolute atomic E-state index is 0.0496. The number of carbonyl (C=O) groups excluding carboxylic acids is 1. The second kappa shape index (κ2) is 7.95. The van der Waals surface area contributed by atoms with Crippen molar-refractivity contribution in [2.45, 2.75) is 70.0 Å². The van der Waals surface area contributed by atoms with Crippen LogP contribution in [0.1, 0.15) is 56.4 Å². The van der Waals surface area contributed by atoms with E-state index in [1.807, 2.05) is 4.90 Å². The number of carbonyl (C=O) groups is 1. The van der Waals surface area contributed by atoms with Crippen molar-refractivity contribution in [1.29, 1.82) is 0 Å². The highest BCUT2D eigenvalue weighted by Crippen LogP contribution is 2.36. The van der Waals surface area contributed by atoms with Gasteiger partial charge in [-0.15, -0.1) is 11.3 Å². The Hall–Kier alpha value is -1.34. The zero-order valence-electron chi connectivity index (χ0n) is 16.0. The Morgan fingerprint density at radius 3 is 3.04 bits per heavy atom. The van der Waals surface area contributed by atoms with Crippen LogP contribution >= 0.6 is 23.1 Å². The minimum Gasteiger partial charge on any atom is -0.339 e. The van der Waals surface area contributed by atoms with Crippen molar-refractivity contribution in [2.75, 3.05) is 12.3 Å². The Morgan fingerprint density at radius 2 is 2.22 bits per heavy atom. The van der Waals surface area contributed by atoms with Crippen LogP contribution in [0.2, 0.25) is 0 Å². The number of aromatic amines is 1. The maximum atomic E-state index is 12.7. The number of aromatic nitrogens is 2. The number of amides is 1. The monoisotopic (exact) mass is 405 g/mol. The molecule has 0 aromatic carbocycles. The summed E-state index contributed by atoms with van der Waals surface area (Å²) in [6, 6.07) is 0.368. The van der Waals surface area contributed by atoms with Gasteiger partial charge < -0.3 is 9.88 Å². The Bertz CT molecular complexity index is 904. The predicted molar refractivity (Wildman–Crippen MR) is 112 cm³/mol. The molecule has 1 amide bonds. The van der Waals surface area contributed by atoms with Gasteiger partial charge in [0.15, 0.2) is 5.16 Å². The average molecular weight is 406 g/mol. The summed E-state index contributed by atoms with van der Waals surface area (Å²) in [7, 11) is 0. The van der Waals surface area contributed by atoms with E-state index < -0.39 is 0 Å². The number of rotatable bonds is 4. The molecular formula is C20H27N3O2S2. The molecule has 4 rings (SSSR count). The molecule has 27 heavy (non-hydrogen) atoms. The zero-order valence-corrected chi connectivity index (χ0v) is 17.7. The number of likely N-dealkylation sites (tertiary alicyclic amines) is 1. The van der Waals surface area contributed by atoms with Crippen LogP contribution in [0.3, 0.4) is 0 Å². The number of piperidine rings is 1. The van der Waals surface area contributed by atoms with Gasteiger partial charge in [-0.05, 0) is 56.4 Å². The first kappa shape index (κ1) is 19.0. The van der Waals surface area contributed by atoms with E-state index in [2.05, 4.69) is 23.8 Å². The molecule has 2 atom stereocenters. The predicted octanol–water partition coefficient (Wildman–Crippen LogP) is 3.99. The molecule has 5 nitrogen and oxygen atoms in total. The van der Waals surface area contributed by atoms with E-state index in [4.69, 9.17) is 0 Å². The van der Waals surface area contributed by atoms with Crippen LogP contribution in [-0.4, -0.2) is 39.1 Å². The van der Waals surface area contributed by atoms with Crippen molar-refractivity contribution < 1.29 is 4.79 Å². The molecule has 1 aliphatic heterocycles. The number of thiophene rings is 1. The number of nitrogens with zero attached hydrogens (tertiary/aromatic N) is 2. The fourth-order valence-electron chi connectivity index (χ4n) is 4.36. The van der Waals surface area contributed by atoms with Gasteiger partial charge in [0.1, 0.15) is 4.83 Å². The third-order valence-corrected chi connectivity index (χ3v) is 7.90. The number of nitrogens with one attached hydrogen (secondary N) is 1. The number of aryl methyl sites for hydroxylation is 1. The highest BCUT2D eigenvalue weighted by atomic mass is 32.2. The SMILES string of the molecule is CC[C@H]1CCCCN1C(=O)CSc1nc2sc3c(c2c(=O)[nH]1)CC[C@H](C)C3. The zero-order chi connectivity index (χ0) is 19.0. The van der Waals surface area contributed by atoms with Gasteiger partial charge in [0.2, 0.25) is 5.91 Å². The second-order valence-electron chi connectivity index (χ2n) is 7.84. The van der Waals surface area contributed by atoms with Crippen LogP contribution in [0.15, 0.2) is 9.95 Å². The molecule has 0 unspecified atom stereocenters. The lowest BCUT2D eigenvalue weighted by Crippen LogP contribution is -2.44. The van der Waals surface area contributed by atoms with Gasteiger partial charge >= 0.3 is 0 Å². The molecule has 0 saturated carbocycles. The molecule has 146 valence electrons. The molecule has 2 aromatic heterocycles. The van der Waals surface area contributed by atoms with Crippen LogP contribution in [0.5, 0.6) is 0 Å². The van der Waals surface area contributed by atoms with Crippen LogP contribution in [0.25, 0.3) is 10.2 Å². The average Bonchev–Trinajstić information content (AvgIpc) is 3.03. The van der Waals surface area contributed by atoms with Gasteiger partial charge in [-0.2, -0.15) is 0 Å². The van der Waals surface area contributed by atoms with E-state index in [1.54, 1.807) is 11.3 Å². The third kappa shape index (κ3) is 3.81. The largest absolute Gasteiger partial charge is 0.339 e. The molecule has 1 N–H and O–H groups in total. The first-order valence-electron chi connectivity index (χ1n) is 10.0. The lowest BCUT2D eigenvalue weighted by atomic mass is 9.89. The molecule has 0 radical (unpaired) electrons. The van der Waals surface area contributed by atoms with Gasteiger partial charge in [0.25, 0.3) is 5.56 Å². The number of hydrogen-bond acceptors (Lipinski definition) is 5. The van der Waals surface area contributed by atoms with Crippen LogP contribution < -0.4 is 5.56 Å². The fourth-order valence-corrected chi connectivity index (χ4v) is 6.55. The minimum atomic E-state index is -0.0496. The van der Waals surface area contributed by atoms with Gasteiger partial charge in [-0.25, -0.2) is 4.98 Å². The standard InChI is InChI=1S/C20H27N3O2S2/c1-3-13-6-4-5-9-23(13)16(24)11-26-20-21-18(25)17-14-8-7-12(2)10-15(14)27-19(17)22-20/h12-13H,3-11H2,1-2H3,(H,21,22,25)/t12-,13-/m0/s1. The van der Waals surface area contributed by atoms with E-state index >= 15 is 0 Å². The highest BCUT2D eigenvalue weighted by molar-refractivity contribution is 7.99. The van der Waals surface area contributed by atoms with Gasteiger partial charge in [0, 0.05) is 17.5 Å². The van der Waals surface area contributed by atoms with E-state index in [-0.39, 0.29) is 11.5 Å². The lowest BCUT2D eigenvalue weighted by molar-refractivity contribution is -0.132. The number of H-pyrrole nitrogens is 1. The summed E-state index contributed by atoms with van der Waals surface area (Å²) in [4.78, 5) is 37.1. The summed E-state index contributed by atoms with van der Waals surface area (Å²) in [5.74, 6) is 1.17. The van der Waals surface area contributed by atoms with Crippen LogP contribution in [0.4, 0.5) is 0 Å². The molecule has 1 aliphatic carbocycles. The van der Waals surface area contributed by atoms with E-state index in [0.29, 0.717) is 22.9 Å². The number of fused-ring (bicyclic) bond motifs is 3. The normalized spacial score (nSPS) is 22.8. The molecule has 0 bridgehead atoms. The van der Waals surface area contributed by atoms with Gasteiger partial charge in [-0.3, -0.25) is 9.59 Å². The molecule has 7 heteroatoms. The van der Waals surface area contributed by atoms with Crippen molar-refractivity contribution in [3.63, 3.8) is 0 Å². The summed E-state index contributed by atoms with van der Waals surface area (Å²) >= 11 is 3.02. The molecule has 3 heterocycles. The van der Waals surface area contributed by atoms with Crippen LogP contribution in [0, 0.1) is 5.92 Å². The Morgan fingerprint density at radius 1 is 1.37 bits per heavy atom. The van der Waals surface area contributed by atoms with Crippen molar-refractivity contribution in [2.24, 2.45) is 5.92 Å². The maximum Gasteiger partial charge on any atom is 0.260 e. The van der Waals surface area contributed by atoms with Crippen LogP contribution in [-0.2, 0) is 17.6 Å². The summed E-state index contributed by atoms with van der Waals surface area (Å²) in [6.07, 6.45) is 7.57. The number of thioether (sulfide) groups is 1. The van der Waals surface area contributed by atoms with E-state index in [1.165, 1.54) is 28.6 Å². The first-order chi connectivity index (χ1) is 13.1. The molecular weight excluding hydrogens is 378 g/mol. The third-order valence-electron chi connectivity index (χ3n) is 5.89.